The molecule has 4 nitrogen and oxygen atoms in total. The van der Waals surface area contributed by atoms with Gasteiger partial charge in [0.25, 0.3) is 0 Å². The van der Waals surface area contributed by atoms with Gasteiger partial charge in [-0.15, -0.1) is 0 Å². The Labute approximate surface area is 105 Å². The second-order valence-corrected chi connectivity index (χ2v) is 5.72. The fourth-order valence-electron chi connectivity index (χ4n) is 1.84. The molecule has 98 valence electrons. The molecular weight excluding hydrogens is 212 g/mol. The molecule has 2 N–H and O–H groups in total. The third-order valence-electron chi connectivity index (χ3n) is 3.38. The Kier molecular flexibility index (Phi) is 5.12. The summed E-state index contributed by atoms with van der Waals surface area (Å²) in [5.41, 5.74) is 6.23. The second-order valence-electron chi connectivity index (χ2n) is 5.72. The van der Waals surface area contributed by atoms with Gasteiger partial charge in [-0.3, -0.25) is 0 Å². The van der Waals surface area contributed by atoms with Crippen LogP contribution >= 0.6 is 0 Å². The first-order chi connectivity index (χ1) is 7.91. The monoisotopic (exact) mass is 238 g/mol. The Balaban J connectivity index is 2.65. The first-order valence-electron chi connectivity index (χ1n) is 6.54. The lowest BCUT2D eigenvalue weighted by Crippen LogP contribution is -2.34. The SMILES string of the molecule is CC(C)Cn1ncnc1CC(N)C(C)C(C)C. The van der Waals surface area contributed by atoms with Gasteiger partial charge in [-0.25, -0.2) is 9.67 Å². The van der Waals surface area contributed by atoms with Crippen molar-refractivity contribution in [3.8, 4) is 0 Å². The van der Waals surface area contributed by atoms with Crippen molar-refractivity contribution in [1.29, 1.82) is 0 Å². The summed E-state index contributed by atoms with van der Waals surface area (Å²) < 4.78 is 1.98. The lowest BCUT2D eigenvalue weighted by atomic mass is 9.89. The standard InChI is InChI=1S/C13H26N4/c1-9(2)7-17-13(15-8-16-17)6-12(14)11(5)10(3)4/h8-12H,6-7,14H2,1-5H3. The fourth-order valence-corrected chi connectivity index (χ4v) is 1.84. The van der Waals surface area contributed by atoms with Crippen molar-refractivity contribution >= 4 is 0 Å². The molecule has 1 rings (SSSR count). The number of rotatable bonds is 6. The van der Waals surface area contributed by atoms with E-state index >= 15 is 0 Å². The number of hydrogen-bond acceptors (Lipinski definition) is 3. The number of nitrogens with zero attached hydrogens (tertiary/aromatic N) is 3. The van der Waals surface area contributed by atoms with E-state index < -0.39 is 0 Å². The Morgan fingerprint density at radius 3 is 2.41 bits per heavy atom. The molecule has 1 aromatic rings. The van der Waals surface area contributed by atoms with Crippen LogP contribution in [0.25, 0.3) is 0 Å². The lowest BCUT2D eigenvalue weighted by Gasteiger charge is -2.23. The molecule has 4 heteroatoms. The normalized spacial score (nSPS) is 15.5. The average Bonchev–Trinajstić information content (AvgIpc) is 2.63. The molecular formula is C13H26N4. The molecule has 0 aromatic carbocycles. The van der Waals surface area contributed by atoms with Gasteiger partial charge in [-0.05, 0) is 17.8 Å². The van der Waals surface area contributed by atoms with E-state index in [1.165, 1.54) is 0 Å². The Morgan fingerprint density at radius 2 is 1.88 bits per heavy atom. The maximum absolute atomic E-state index is 6.23. The molecule has 0 aliphatic carbocycles. The van der Waals surface area contributed by atoms with Crippen LogP contribution in [0.15, 0.2) is 6.33 Å². The Hall–Kier alpha value is -0.900. The summed E-state index contributed by atoms with van der Waals surface area (Å²) >= 11 is 0. The van der Waals surface area contributed by atoms with Crippen molar-refractivity contribution in [3.05, 3.63) is 12.2 Å². The minimum atomic E-state index is 0.158. The molecule has 0 bridgehead atoms. The predicted molar refractivity (Wildman–Crippen MR) is 70.5 cm³/mol. The number of nitrogens with two attached hydrogens (primary N) is 1. The van der Waals surface area contributed by atoms with E-state index in [-0.39, 0.29) is 6.04 Å². The van der Waals surface area contributed by atoms with Gasteiger partial charge in [0.05, 0.1) is 0 Å². The van der Waals surface area contributed by atoms with Crippen LogP contribution in [-0.4, -0.2) is 20.8 Å². The summed E-state index contributed by atoms with van der Waals surface area (Å²) in [5.74, 6) is 2.69. The molecule has 0 fully saturated rings. The molecule has 0 saturated carbocycles. The van der Waals surface area contributed by atoms with Crippen molar-refractivity contribution in [1.82, 2.24) is 14.8 Å². The fraction of sp³-hybridized carbons (Fsp3) is 0.846. The molecule has 0 aliphatic heterocycles. The van der Waals surface area contributed by atoms with Gasteiger partial charge in [0.1, 0.15) is 12.2 Å². The first-order valence-corrected chi connectivity index (χ1v) is 6.54. The van der Waals surface area contributed by atoms with Crippen LogP contribution in [0.1, 0.15) is 40.4 Å². The van der Waals surface area contributed by atoms with Crippen molar-refractivity contribution in [3.63, 3.8) is 0 Å². The van der Waals surface area contributed by atoms with E-state index in [0.29, 0.717) is 17.8 Å². The number of hydrogen-bond donors (Lipinski definition) is 1. The highest BCUT2D eigenvalue weighted by atomic mass is 15.3. The van der Waals surface area contributed by atoms with Gasteiger partial charge in [-0.2, -0.15) is 5.10 Å². The average molecular weight is 238 g/mol. The lowest BCUT2D eigenvalue weighted by molar-refractivity contribution is 0.335. The van der Waals surface area contributed by atoms with Crippen LogP contribution < -0.4 is 5.73 Å². The van der Waals surface area contributed by atoms with E-state index in [0.717, 1.165) is 18.8 Å². The molecule has 1 aromatic heterocycles. The maximum Gasteiger partial charge on any atom is 0.138 e. The van der Waals surface area contributed by atoms with Crippen LogP contribution in [0.4, 0.5) is 0 Å². The van der Waals surface area contributed by atoms with Gasteiger partial charge in [-0.1, -0.05) is 34.6 Å². The van der Waals surface area contributed by atoms with Gasteiger partial charge < -0.3 is 5.73 Å². The minimum absolute atomic E-state index is 0.158. The maximum atomic E-state index is 6.23. The zero-order valence-electron chi connectivity index (χ0n) is 11.7. The van der Waals surface area contributed by atoms with Gasteiger partial charge >= 0.3 is 0 Å². The third-order valence-corrected chi connectivity index (χ3v) is 3.38. The van der Waals surface area contributed by atoms with E-state index in [4.69, 9.17) is 5.73 Å². The molecule has 2 unspecified atom stereocenters. The highest BCUT2D eigenvalue weighted by Crippen LogP contribution is 2.16. The smallest absolute Gasteiger partial charge is 0.138 e. The van der Waals surface area contributed by atoms with Crippen molar-refractivity contribution in [2.75, 3.05) is 0 Å². The summed E-state index contributed by atoms with van der Waals surface area (Å²) in [6.45, 7) is 11.9. The highest BCUT2D eigenvalue weighted by molar-refractivity contribution is 4.91. The van der Waals surface area contributed by atoms with E-state index in [1.807, 2.05) is 4.68 Å². The molecule has 0 amide bonds. The molecule has 17 heavy (non-hydrogen) atoms. The zero-order valence-corrected chi connectivity index (χ0v) is 11.7. The quantitative estimate of drug-likeness (QED) is 0.825. The summed E-state index contributed by atoms with van der Waals surface area (Å²) in [4.78, 5) is 4.32. The van der Waals surface area contributed by atoms with E-state index in [1.54, 1.807) is 6.33 Å². The van der Waals surface area contributed by atoms with Crippen molar-refractivity contribution in [2.24, 2.45) is 23.5 Å². The topological polar surface area (TPSA) is 56.7 Å². The van der Waals surface area contributed by atoms with Gasteiger partial charge in [0, 0.05) is 19.0 Å². The van der Waals surface area contributed by atoms with E-state index in [9.17, 15) is 0 Å². The van der Waals surface area contributed by atoms with Gasteiger partial charge in [0.15, 0.2) is 0 Å². The van der Waals surface area contributed by atoms with Crippen LogP contribution in [0.3, 0.4) is 0 Å². The summed E-state index contributed by atoms with van der Waals surface area (Å²) in [5, 5.41) is 4.26. The van der Waals surface area contributed by atoms with Crippen LogP contribution in [0.2, 0.25) is 0 Å². The summed E-state index contributed by atoms with van der Waals surface area (Å²) in [6, 6.07) is 0.158. The first kappa shape index (κ1) is 14.2. The van der Waals surface area contributed by atoms with Gasteiger partial charge in [0.2, 0.25) is 0 Å². The molecule has 0 saturated heterocycles. The van der Waals surface area contributed by atoms with Crippen molar-refractivity contribution < 1.29 is 0 Å². The second kappa shape index (κ2) is 6.15. The Morgan fingerprint density at radius 1 is 1.24 bits per heavy atom. The van der Waals surface area contributed by atoms with Crippen LogP contribution in [0.5, 0.6) is 0 Å². The van der Waals surface area contributed by atoms with E-state index in [2.05, 4.69) is 44.7 Å². The highest BCUT2D eigenvalue weighted by Gasteiger charge is 2.19. The molecule has 2 atom stereocenters. The third kappa shape index (κ3) is 4.11. The number of aromatic nitrogens is 3. The summed E-state index contributed by atoms with van der Waals surface area (Å²) in [7, 11) is 0. The Bertz CT molecular complexity index is 330. The largest absolute Gasteiger partial charge is 0.327 e. The molecule has 0 radical (unpaired) electrons. The van der Waals surface area contributed by atoms with Crippen LogP contribution in [0, 0.1) is 17.8 Å². The van der Waals surface area contributed by atoms with Crippen LogP contribution in [-0.2, 0) is 13.0 Å². The van der Waals surface area contributed by atoms with Crippen molar-refractivity contribution in [2.45, 2.75) is 53.6 Å². The molecule has 0 spiro atoms. The predicted octanol–water partition coefficient (Wildman–Crippen LogP) is 2.10. The zero-order chi connectivity index (χ0) is 13.0. The molecule has 1 heterocycles. The summed E-state index contributed by atoms with van der Waals surface area (Å²) in [6.07, 6.45) is 2.44. The minimum Gasteiger partial charge on any atom is -0.327 e. The molecule has 0 aliphatic rings.